The Labute approximate surface area is 113 Å². The number of carbonyl (C=O) groups excluding carboxylic acids is 1. The van der Waals surface area contributed by atoms with Crippen LogP contribution in [0.1, 0.15) is 19.2 Å². The van der Waals surface area contributed by atoms with E-state index in [-0.39, 0.29) is 12.5 Å². The van der Waals surface area contributed by atoms with Crippen LogP contribution in [0.4, 0.5) is 11.6 Å². The third-order valence-corrected chi connectivity index (χ3v) is 2.31. The molecule has 3 N–H and O–H groups in total. The van der Waals surface area contributed by atoms with Crippen LogP contribution in [0.3, 0.4) is 0 Å². The molecular formula is C12H21N5O2. The summed E-state index contributed by atoms with van der Waals surface area (Å²) in [5.41, 5.74) is 0. The molecule has 0 saturated heterocycles. The van der Waals surface area contributed by atoms with Crippen molar-refractivity contribution in [3.05, 3.63) is 11.9 Å². The van der Waals surface area contributed by atoms with Gasteiger partial charge in [0.2, 0.25) is 5.91 Å². The monoisotopic (exact) mass is 267 g/mol. The molecule has 0 spiro atoms. The average Bonchev–Trinajstić information content (AvgIpc) is 2.42. The molecule has 19 heavy (non-hydrogen) atoms. The first-order chi connectivity index (χ1) is 9.19. The van der Waals surface area contributed by atoms with Crippen molar-refractivity contribution in [3.8, 4) is 0 Å². The average molecular weight is 267 g/mol. The van der Waals surface area contributed by atoms with Gasteiger partial charge in [0.1, 0.15) is 18.2 Å². The lowest BCUT2D eigenvalue weighted by Crippen LogP contribution is -2.26. The second-order valence-electron chi connectivity index (χ2n) is 3.94. The summed E-state index contributed by atoms with van der Waals surface area (Å²) in [5, 5.41) is 8.68. The minimum Gasteiger partial charge on any atom is -0.377 e. The van der Waals surface area contributed by atoms with Crippen LogP contribution in [0.2, 0.25) is 0 Å². The van der Waals surface area contributed by atoms with E-state index >= 15 is 0 Å². The maximum atomic E-state index is 11.2. The fraction of sp³-hybridized carbons (Fsp3) is 0.583. The summed E-state index contributed by atoms with van der Waals surface area (Å²) in [5.74, 6) is 1.80. The fourth-order valence-electron chi connectivity index (χ4n) is 1.38. The molecule has 0 aromatic carbocycles. The maximum Gasteiger partial charge on any atom is 0.239 e. The number of nitrogens with zero attached hydrogens (tertiary/aromatic N) is 2. The highest BCUT2D eigenvalue weighted by Crippen LogP contribution is 2.11. The number of hydrogen-bond acceptors (Lipinski definition) is 6. The standard InChI is InChI=1S/C12H21N5O2/c1-4-5-14-9-6-10(15-7-12(18)13-2)17-11(16-9)8-19-3/h6H,4-5,7-8H2,1-3H3,(H,13,18)(H2,14,15,16,17). The van der Waals surface area contributed by atoms with Gasteiger partial charge in [-0.15, -0.1) is 0 Å². The molecule has 1 rings (SSSR count). The first kappa shape index (κ1) is 15.2. The van der Waals surface area contributed by atoms with Gasteiger partial charge in [-0.2, -0.15) is 0 Å². The molecule has 0 unspecified atom stereocenters. The fourth-order valence-corrected chi connectivity index (χ4v) is 1.38. The Bertz CT molecular complexity index is 411. The largest absolute Gasteiger partial charge is 0.377 e. The molecule has 0 saturated carbocycles. The molecule has 0 radical (unpaired) electrons. The van der Waals surface area contributed by atoms with Crippen LogP contribution in [-0.2, 0) is 16.1 Å². The van der Waals surface area contributed by atoms with Crippen LogP contribution in [0.25, 0.3) is 0 Å². The van der Waals surface area contributed by atoms with Crippen LogP contribution >= 0.6 is 0 Å². The molecule has 1 amide bonds. The Morgan fingerprint density at radius 3 is 2.58 bits per heavy atom. The lowest BCUT2D eigenvalue weighted by molar-refractivity contribution is -0.118. The summed E-state index contributed by atoms with van der Waals surface area (Å²) in [4.78, 5) is 19.8. The predicted molar refractivity (Wildman–Crippen MR) is 74.1 cm³/mol. The minimum atomic E-state index is -0.102. The Kier molecular flexibility index (Phi) is 6.59. The molecule has 7 nitrogen and oxygen atoms in total. The molecule has 1 heterocycles. The van der Waals surface area contributed by atoms with Crippen molar-refractivity contribution < 1.29 is 9.53 Å². The molecule has 0 aliphatic heterocycles. The van der Waals surface area contributed by atoms with Gasteiger partial charge in [-0.05, 0) is 6.42 Å². The quantitative estimate of drug-likeness (QED) is 0.639. The van der Waals surface area contributed by atoms with E-state index in [4.69, 9.17) is 4.74 Å². The highest BCUT2D eigenvalue weighted by molar-refractivity contribution is 5.80. The Morgan fingerprint density at radius 2 is 2.00 bits per heavy atom. The van der Waals surface area contributed by atoms with Crippen molar-refractivity contribution in [2.75, 3.05) is 37.9 Å². The van der Waals surface area contributed by atoms with Crippen molar-refractivity contribution in [1.29, 1.82) is 0 Å². The van der Waals surface area contributed by atoms with E-state index in [0.717, 1.165) is 18.8 Å². The molecule has 0 fully saturated rings. The van der Waals surface area contributed by atoms with Crippen LogP contribution < -0.4 is 16.0 Å². The van der Waals surface area contributed by atoms with Gasteiger partial charge in [0.05, 0.1) is 6.54 Å². The number of ether oxygens (including phenoxy) is 1. The highest BCUT2D eigenvalue weighted by atomic mass is 16.5. The number of carbonyl (C=O) groups is 1. The number of likely N-dealkylation sites (N-methyl/N-ethyl adjacent to an activating group) is 1. The summed E-state index contributed by atoms with van der Waals surface area (Å²) in [6.07, 6.45) is 1.00. The van der Waals surface area contributed by atoms with Crippen molar-refractivity contribution in [1.82, 2.24) is 15.3 Å². The van der Waals surface area contributed by atoms with Gasteiger partial charge >= 0.3 is 0 Å². The summed E-state index contributed by atoms with van der Waals surface area (Å²) in [7, 11) is 3.18. The lowest BCUT2D eigenvalue weighted by Gasteiger charge is -2.10. The summed E-state index contributed by atoms with van der Waals surface area (Å²) >= 11 is 0. The van der Waals surface area contributed by atoms with Crippen LogP contribution in [0.15, 0.2) is 6.07 Å². The lowest BCUT2D eigenvalue weighted by atomic mass is 10.4. The van der Waals surface area contributed by atoms with Gasteiger partial charge < -0.3 is 20.7 Å². The van der Waals surface area contributed by atoms with Crippen molar-refractivity contribution in [2.24, 2.45) is 0 Å². The molecule has 0 atom stereocenters. The van der Waals surface area contributed by atoms with Crippen molar-refractivity contribution in [3.63, 3.8) is 0 Å². The molecule has 0 aliphatic rings. The molecule has 0 bridgehead atoms. The summed E-state index contributed by atoms with van der Waals surface area (Å²) in [6.45, 7) is 3.41. The van der Waals surface area contributed by atoms with Gasteiger partial charge in [0, 0.05) is 26.8 Å². The molecule has 7 heteroatoms. The zero-order valence-corrected chi connectivity index (χ0v) is 11.6. The van der Waals surface area contributed by atoms with E-state index in [1.54, 1.807) is 20.2 Å². The van der Waals surface area contributed by atoms with Crippen molar-refractivity contribution >= 4 is 17.5 Å². The Hall–Kier alpha value is -1.89. The van der Waals surface area contributed by atoms with Gasteiger partial charge in [-0.25, -0.2) is 9.97 Å². The van der Waals surface area contributed by atoms with Crippen molar-refractivity contribution in [2.45, 2.75) is 20.0 Å². The third-order valence-electron chi connectivity index (χ3n) is 2.31. The number of methoxy groups -OCH3 is 1. The molecule has 1 aromatic rings. The number of hydrogen-bond donors (Lipinski definition) is 3. The minimum absolute atomic E-state index is 0.102. The zero-order valence-electron chi connectivity index (χ0n) is 11.6. The normalized spacial score (nSPS) is 10.1. The first-order valence-corrected chi connectivity index (χ1v) is 6.24. The second kappa shape index (κ2) is 8.25. The number of rotatable bonds is 8. The van der Waals surface area contributed by atoms with E-state index in [9.17, 15) is 4.79 Å². The topological polar surface area (TPSA) is 88.2 Å². The summed E-state index contributed by atoms with van der Waals surface area (Å²) in [6, 6.07) is 1.78. The number of anilines is 2. The van der Waals surface area contributed by atoms with Crippen LogP contribution in [-0.4, -0.2) is 43.1 Å². The predicted octanol–water partition coefficient (Wildman–Crippen LogP) is 0.603. The third kappa shape index (κ3) is 5.52. The van der Waals surface area contributed by atoms with Crippen LogP contribution in [0.5, 0.6) is 0 Å². The van der Waals surface area contributed by atoms with E-state index in [2.05, 4.69) is 32.8 Å². The molecular weight excluding hydrogens is 246 g/mol. The maximum absolute atomic E-state index is 11.2. The smallest absolute Gasteiger partial charge is 0.239 e. The van der Waals surface area contributed by atoms with Gasteiger partial charge in [0.15, 0.2) is 5.82 Å². The number of amides is 1. The van der Waals surface area contributed by atoms with E-state index in [1.165, 1.54) is 0 Å². The van der Waals surface area contributed by atoms with E-state index in [0.29, 0.717) is 18.2 Å². The second-order valence-corrected chi connectivity index (χ2v) is 3.94. The van der Waals surface area contributed by atoms with Gasteiger partial charge in [-0.3, -0.25) is 4.79 Å². The van der Waals surface area contributed by atoms with E-state index in [1.807, 2.05) is 0 Å². The highest BCUT2D eigenvalue weighted by Gasteiger charge is 2.05. The first-order valence-electron chi connectivity index (χ1n) is 6.24. The van der Waals surface area contributed by atoms with Gasteiger partial charge in [0.25, 0.3) is 0 Å². The van der Waals surface area contributed by atoms with Crippen LogP contribution in [0, 0.1) is 0 Å². The Balaban J connectivity index is 2.76. The molecule has 0 aliphatic carbocycles. The Morgan fingerprint density at radius 1 is 1.32 bits per heavy atom. The zero-order chi connectivity index (χ0) is 14.1. The SMILES string of the molecule is CCCNc1cc(NCC(=O)NC)nc(COC)n1. The van der Waals surface area contributed by atoms with E-state index < -0.39 is 0 Å². The number of aromatic nitrogens is 2. The number of nitrogens with one attached hydrogen (secondary N) is 3. The molecule has 106 valence electrons. The molecule has 1 aromatic heterocycles. The van der Waals surface area contributed by atoms with Gasteiger partial charge in [-0.1, -0.05) is 6.92 Å². The summed E-state index contributed by atoms with van der Waals surface area (Å²) < 4.78 is 5.03.